The molecular formula is C13H18BrN5O2. The fourth-order valence-corrected chi connectivity index (χ4v) is 3.35. The molecule has 7 nitrogen and oxygen atoms in total. The summed E-state index contributed by atoms with van der Waals surface area (Å²) in [5, 5.41) is 5.30. The van der Waals surface area contributed by atoms with Crippen molar-refractivity contribution in [1.82, 2.24) is 19.7 Å². The van der Waals surface area contributed by atoms with Crippen LogP contribution in [-0.4, -0.2) is 58.8 Å². The minimum Gasteiger partial charge on any atom is -0.382 e. The van der Waals surface area contributed by atoms with Crippen molar-refractivity contribution in [3.63, 3.8) is 0 Å². The van der Waals surface area contributed by atoms with Gasteiger partial charge in [-0.3, -0.25) is 0 Å². The monoisotopic (exact) mass is 355 g/mol. The third kappa shape index (κ3) is 2.75. The molecular weight excluding hydrogens is 338 g/mol. The summed E-state index contributed by atoms with van der Waals surface area (Å²) in [5.74, 6) is 0.885. The topological polar surface area (TPSA) is 65.3 Å². The summed E-state index contributed by atoms with van der Waals surface area (Å²) in [6, 6.07) is 0. The molecule has 0 aromatic carbocycles. The molecule has 0 amide bonds. The highest BCUT2D eigenvalue weighted by molar-refractivity contribution is 9.10. The molecule has 0 bridgehead atoms. The van der Waals surface area contributed by atoms with Crippen LogP contribution >= 0.6 is 15.9 Å². The van der Waals surface area contributed by atoms with Crippen LogP contribution in [0.1, 0.15) is 6.92 Å². The van der Waals surface area contributed by atoms with Crippen LogP contribution in [0.4, 0.5) is 5.82 Å². The maximum atomic E-state index is 5.88. The van der Waals surface area contributed by atoms with Crippen LogP contribution in [0.3, 0.4) is 0 Å². The van der Waals surface area contributed by atoms with Gasteiger partial charge in [-0.25, -0.2) is 14.6 Å². The number of fused-ring (bicyclic) bond motifs is 1. The van der Waals surface area contributed by atoms with Crippen LogP contribution in [0.25, 0.3) is 11.0 Å². The number of ether oxygens (including phenoxy) is 2. The highest BCUT2D eigenvalue weighted by Crippen LogP contribution is 2.31. The summed E-state index contributed by atoms with van der Waals surface area (Å²) in [7, 11) is 3.56. The first-order valence-electron chi connectivity index (χ1n) is 6.82. The van der Waals surface area contributed by atoms with E-state index in [1.165, 1.54) is 0 Å². The molecule has 1 aliphatic heterocycles. The molecule has 21 heavy (non-hydrogen) atoms. The number of aryl methyl sites for hydroxylation is 1. The molecule has 1 fully saturated rings. The average Bonchev–Trinajstić information content (AvgIpc) is 2.74. The highest BCUT2D eigenvalue weighted by Gasteiger charge is 2.28. The summed E-state index contributed by atoms with van der Waals surface area (Å²) >= 11 is 3.50. The lowest BCUT2D eigenvalue weighted by Crippen LogP contribution is -2.48. The SMILES string of the molecule is COCC1CN(c2ncnc3c2c(Br)nn3C)CC(C)O1. The van der Waals surface area contributed by atoms with Crippen molar-refractivity contribution in [2.75, 3.05) is 31.7 Å². The van der Waals surface area contributed by atoms with E-state index in [0.717, 1.165) is 34.5 Å². The second-order valence-corrected chi connectivity index (χ2v) is 5.99. The summed E-state index contributed by atoms with van der Waals surface area (Å²) < 4.78 is 13.6. The van der Waals surface area contributed by atoms with E-state index in [-0.39, 0.29) is 12.2 Å². The Hall–Kier alpha value is -1.25. The molecule has 2 aromatic rings. The molecule has 3 rings (SSSR count). The van der Waals surface area contributed by atoms with Crippen LogP contribution in [0.2, 0.25) is 0 Å². The Kier molecular flexibility index (Phi) is 4.10. The zero-order chi connectivity index (χ0) is 15.0. The van der Waals surface area contributed by atoms with Crippen LogP contribution in [-0.2, 0) is 16.5 Å². The third-order valence-corrected chi connectivity index (χ3v) is 4.09. The van der Waals surface area contributed by atoms with Crippen molar-refractivity contribution in [3.8, 4) is 0 Å². The van der Waals surface area contributed by atoms with Crippen molar-refractivity contribution in [2.24, 2.45) is 7.05 Å². The third-order valence-electron chi connectivity index (χ3n) is 3.54. The Morgan fingerprint density at radius 3 is 3.00 bits per heavy atom. The first kappa shape index (κ1) is 14.7. The van der Waals surface area contributed by atoms with Crippen LogP contribution in [0.5, 0.6) is 0 Å². The largest absolute Gasteiger partial charge is 0.382 e. The van der Waals surface area contributed by atoms with Gasteiger partial charge in [-0.15, -0.1) is 0 Å². The fraction of sp³-hybridized carbons (Fsp3) is 0.615. The number of rotatable bonds is 3. The Morgan fingerprint density at radius 1 is 1.43 bits per heavy atom. The lowest BCUT2D eigenvalue weighted by Gasteiger charge is -2.37. The summed E-state index contributed by atoms with van der Waals surface area (Å²) in [4.78, 5) is 11.0. The van der Waals surface area contributed by atoms with Crippen molar-refractivity contribution >= 4 is 32.8 Å². The second-order valence-electron chi connectivity index (χ2n) is 5.24. The van der Waals surface area contributed by atoms with Gasteiger partial charge in [0.25, 0.3) is 0 Å². The summed E-state index contributed by atoms with van der Waals surface area (Å²) in [5.41, 5.74) is 0.814. The molecule has 1 saturated heterocycles. The smallest absolute Gasteiger partial charge is 0.164 e. The van der Waals surface area contributed by atoms with Crippen LogP contribution in [0.15, 0.2) is 10.9 Å². The minimum atomic E-state index is 0.0409. The van der Waals surface area contributed by atoms with E-state index in [4.69, 9.17) is 9.47 Å². The van der Waals surface area contributed by atoms with E-state index in [0.29, 0.717) is 6.61 Å². The quantitative estimate of drug-likeness (QED) is 0.828. The molecule has 0 radical (unpaired) electrons. The van der Waals surface area contributed by atoms with E-state index >= 15 is 0 Å². The number of morpholine rings is 1. The van der Waals surface area contributed by atoms with Crippen molar-refractivity contribution < 1.29 is 9.47 Å². The normalized spacial score (nSPS) is 23.0. The molecule has 0 spiro atoms. The lowest BCUT2D eigenvalue weighted by atomic mass is 10.2. The summed E-state index contributed by atoms with van der Waals surface area (Å²) in [6.07, 6.45) is 1.75. The van der Waals surface area contributed by atoms with Gasteiger partial charge in [0.1, 0.15) is 16.7 Å². The molecule has 0 saturated carbocycles. The number of aromatic nitrogens is 4. The molecule has 3 heterocycles. The van der Waals surface area contributed by atoms with Crippen LogP contribution in [0, 0.1) is 0 Å². The van der Waals surface area contributed by atoms with Gasteiger partial charge in [-0.05, 0) is 22.9 Å². The molecule has 0 aliphatic carbocycles. The van der Waals surface area contributed by atoms with Crippen LogP contribution < -0.4 is 4.90 Å². The highest BCUT2D eigenvalue weighted by atomic mass is 79.9. The predicted molar refractivity (Wildman–Crippen MR) is 82.4 cm³/mol. The van der Waals surface area contributed by atoms with Gasteiger partial charge in [-0.2, -0.15) is 5.10 Å². The molecule has 2 unspecified atom stereocenters. The molecule has 2 aromatic heterocycles. The van der Waals surface area contributed by atoms with Gasteiger partial charge in [-0.1, -0.05) is 0 Å². The zero-order valence-electron chi connectivity index (χ0n) is 12.3. The van der Waals surface area contributed by atoms with Gasteiger partial charge < -0.3 is 14.4 Å². The van der Waals surface area contributed by atoms with Crippen molar-refractivity contribution in [1.29, 1.82) is 0 Å². The van der Waals surface area contributed by atoms with E-state index in [9.17, 15) is 0 Å². The standard InChI is InChI=1S/C13H18BrN5O2/c1-8-4-19(5-9(21-8)6-20-3)13-10-11(14)17-18(2)12(10)15-7-16-13/h7-9H,4-6H2,1-3H3. The molecule has 1 aliphatic rings. The zero-order valence-corrected chi connectivity index (χ0v) is 13.9. The number of hydrogen-bond donors (Lipinski definition) is 0. The molecule has 0 N–H and O–H groups in total. The Bertz CT molecular complexity index is 647. The Balaban J connectivity index is 1.99. The van der Waals surface area contributed by atoms with Gasteiger partial charge in [0, 0.05) is 27.2 Å². The lowest BCUT2D eigenvalue weighted by molar-refractivity contribution is -0.0512. The van der Waals surface area contributed by atoms with Crippen molar-refractivity contribution in [2.45, 2.75) is 19.1 Å². The minimum absolute atomic E-state index is 0.0409. The van der Waals surface area contributed by atoms with E-state index in [1.807, 2.05) is 7.05 Å². The van der Waals surface area contributed by atoms with E-state index < -0.39 is 0 Å². The fourth-order valence-electron chi connectivity index (χ4n) is 2.76. The second kappa shape index (κ2) is 5.86. The Labute approximate surface area is 131 Å². The summed E-state index contributed by atoms with van der Waals surface area (Å²) in [6.45, 7) is 4.16. The molecule has 2 atom stereocenters. The Morgan fingerprint density at radius 2 is 2.24 bits per heavy atom. The maximum Gasteiger partial charge on any atom is 0.164 e. The number of hydrogen-bond acceptors (Lipinski definition) is 6. The predicted octanol–water partition coefficient (Wildman–Crippen LogP) is 1.37. The maximum absolute atomic E-state index is 5.88. The van der Waals surface area contributed by atoms with Gasteiger partial charge in [0.15, 0.2) is 5.65 Å². The molecule has 114 valence electrons. The number of nitrogens with zero attached hydrogens (tertiary/aromatic N) is 5. The first-order chi connectivity index (χ1) is 10.1. The van der Waals surface area contributed by atoms with Gasteiger partial charge in [0.2, 0.25) is 0 Å². The molecule has 8 heteroatoms. The first-order valence-corrected chi connectivity index (χ1v) is 7.62. The number of halogens is 1. The van der Waals surface area contributed by atoms with E-state index in [2.05, 4.69) is 42.8 Å². The van der Waals surface area contributed by atoms with Crippen molar-refractivity contribution in [3.05, 3.63) is 10.9 Å². The number of anilines is 1. The van der Waals surface area contributed by atoms with Gasteiger partial charge in [0.05, 0.1) is 24.2 Å². The number of methoxy groups -OCH3 is 1. The average molecular weight is 356 g/mol. The van der Waals surface area contributed by atoms with Gasteiger partial charge >= 0.3 is 0 Å². The van der Waals surface area contributed by atoms with E-state index in [1.54, 1.807) is 18.1 Å².